The second-order valence-corrected chi connectivity index (χ2v) is 10.2. The molecule has 216 valence electrons. The zero-order valence-electron chi connectivity index (χ0n) is 23.1. The van der Waals surface area contributed by atoms with Crippen molar-refractivity contribution in [3.05, 3.63) is 104 Å². The summed E-state index contributed by atoms with van der Waals surface area (Å²) in [5.41, 5.74) is 7.87. The molecule has 3 aromatic heterocycles. The lowest BCUT2D eigenvalue weighted by Crippen LogP contribution is -2.41. The molecule has 0 saturated heterocycles. The average Bonchev–Trinajstić information content (AvgIpc) is 3.36. The highest BCUT2D eigenvalue weighted by molar-refractivity contribution is 6.34. The molecule has 0 bridgehead atoms. The van der Waals surface area contributed by atoms with E-state index in [1.165, 1.54) is 22.9 Å². The number of carbonyl (C=O) groups is 1. The Balaban J connectivity index is 1.56. The second-order valence-electron chi connectivity index (χ2n) is 9.81. The molecule has 0 spiro atoms. The number of carboxylic acids is 1. The highest BCUT2D eigenvalue weighted by Crippen LogP contribution is 2.35. The van der Waals surface area contributed by atoms with Gasteiger partial charge in [0.05, 0.1) is 33.7 Å². The topological polar surface area (TPSA) is 163 Å². The van der Waals surface area contributed by atoms with Crippen LogP contribution >= 0.6 is 11.6 Å². The normalized spacial score (nSPS) is 11.3. The highest BCUT2D eigenvalue weighted by Gasteiger charge is 2.21. The van der Waals surface area contributed by atoms with Crippen molar-refractivity contribution in [1.29, 1.82) is 0 Å². The Hall–Kier alpha value is -5.33. The third-order valence-electron chi connectivity index (χ3n) is 7.24. The Bertz CT molecular complexity index is 2200. The van der Waals surface area contributed by atoms with Crippen LogP contribution in [-0.2, 0) is 20.1 Å². The maximum Gasteiger partial charge on any atom is 0.359 e. The Labute approximate surface area is 248 Å². The highest BCUT2D eigenvalue weighted by atomic mass is 35.5. The number of aromatic nitrogens is 6. The molecule has 0 saturated carbocycles. The molecule has 3 heterocycles. The number of nitrogens with two attached hydrogens (primary N) is 1. The molecule has 13 heteroatoms. The number of hydrogen-bond donors (Lipinski definition) is 3. The summed E-state index contributed by atoms with van der Waals surface area (Å²) in [6.45, 7) is 2.04. The van der Waals surface area contributed by atoms with E-state index in [2.05, 4.69) is 20.4 Å². The number of benzene rings is 3. The molecule has 0 radical (unpaired) electrons. The molecule has 0 atom stereocenters. The Morgan fingerprint density at radius 2 is 1.91 bits per heavy atom. The minimum Gasteiger partial charge on any atom is -0.478 e. The molecule has 4 N–H and O–H groups in total. The van der Waals surface area contributed by atoms with Gasteiger partial charge < -0.3 is 16.2 Å². The van der Waals surface area contributed by atoms with Crippen molar-refractivity contribution in [3.63, 3.8) is 0 Å². The van der Waals surface area contributed by atoms with Gasteiger partial charge in [-0.15, -0.1) is 0 Å². The molecule has 0 aliphatic rings. The van der Waals surface area contributed by atoms with Gasteiger partial charge in [0.25, 0.3) is 0 Å². The van der Waals surface area contributed by atoms with Gasteiger partial charge in [-0.3, -0.25) is 14.2 Å². The van der Waals surface area contributed by atoms with Crippen molar-refractivity contribution >= 4 is 50.9 Å². The van der Waals surface area contributed by atoms with Gasteiger partial charge in [-0.25, -0.2) is 19.0 Å². The molecule has 0 amide bonds. The number of anilines is 2. The van der Waals surface area contributed by atoms with Gasteiger partial charge in [-0.2, -0.15) is 10.1 Å². The van der Waals surface area contributed by atoms with E-state index in [-0.39, 0.29) is 30.3 Å². The molecule has 0 aliphatic heterocycles. The number of rotatable bonds is 7. The van der Waals surface area contributed by atoms with Crippen LogP contribution in [0.2, 0.25) is 5.02 Å². The molecule has 6 aromatic rings. The molecule has 43 heavy (non-hydrogen) atoms. The van der Waals surface area contributed by atoms with E-state index in [9.17, 15) is 19.5 Å². The number of aryl methyl sites for hydroxylation is 1. The van der Waals surface area contributed by atoms with E-state index in [1.807, 2.05) is 6.20 Å². The Morgan fingerprint density at radius 1 is 1.12 bits per heavy atom. The third-order valence-corrected chi connectivity index (χ3v) is 7.54. The maximum atomic E-state index is 14.0. The van der Waals surface area contributed by atoms with E-state index in [0.717, 1.165) is 9.95 Å². The van der Waals surface area contributed by atoms with Crippen LogP contribution in [0.5, 0.6) is 0 Å². The first-order valence-electron chi connectivity index (χ1n) is 13.3. The van der Waals surface area contributed by atoms with Crippen LogP contribution in [0.3, 0.4) is 0 Å². The molecular formula is C30H25ClN8O4. The summed E-state index contributed by atoms with van der Waals surface area (Å²) in [5, 5.41) is 19.3. The van der Waals surface area contributed by atoms with Crippen molar-refractivity contribution in [2.24, 2.45) is 12.8 Å². The fourth-order valence-electron chi connectivity index (χ4n) is 5.30. The van der Waals surface area contributed by atoms with Crippen LogP contribution in [0.15, 0.2) is 76.7 Å². The molecule has 0 unspecified atom stereocenters. The molecule has 0 aliphatic carbocycles. The lowest BCUT2D eigenvalue weighted by molar-refractivity contribution is 0.0697. The first-order valence-corrected chi connectivity index (χ1v) is 13.7. The predicted molar refractivity (Wildman–Crippen MR) is 164 cm³/mol. The Kier molecular flexibility index (Phi) is 7.00. The zero-order chi connectivity index (χ0) is 30.4. The van der Waals surface area contributed by atoms with Gasteiger partial charge in [0.1, 0.15) is 0 Å². The lowest BCUT2D eigenvalue weighted by Gasteiger charge is -2.18. The predicted octanol–water partition coefficient (Wildman–Crippen LogP) is 4.07. The van der Waals surface area contributed by atoms with Crippen LogP contribution < -0.4 is 22.4 Å². The summed E-state index contributed by atoms with van der Waals surface area (Å²) >= 11 is 6.61. The minimum atomic E-state index is -1.07. The average molecular weight is 597 g/mol. The molecular weight excluding hydrogens is 572 g/mol. The van der Waals surface area contributed by atoms with Crippen molar-refractivity contribution in [1.82, 2.24) is 28.9 Å². The zero-order valence-corrected chi connectivity index (χ0v) is 23.8. The van der Waals surface area contributed by atoms with Gasteiger partial charge in [0, 0.05) is 54.3 Å². The SMILES string of the molecule is CCn1c(Nc2c(Cl)cc3nn(C)cc3c2CN)nc(=O)n(-c2cncc3cccc(-c4cccc(C(=O)O)c4)c23)c1=O. The van der Waals surface area contributed by atoms with E-state index < -0.39 is 17.3 Å². The lowest BCUT2D eigenvalue weighted by atomic mass is 9.97. The van der Waals surface area contributed by atoms with Crippen molar-refractivity contribution in [2.45, 2.75) is 20.0 Å². The summed E-state index contributed by atoms with van der Waals surface area (Å²) in [6, 6.07) is 13.5. The summed E-state index contributed by atoms with van der Waals surface area (Å²) in [5.74, 6) is -1.07. The van der Waals surface area contributed by atoms with Crippen LogP contribution in [0, 0.1) is 0 Å². The van der Waals surface area contributed by atoms with Gasteiger partial charge in [-0.1, -0.05) is 41.9 Å². The monoisotopic (exact) mass is 596 g/mol. The standard InChI is InChI=1S/C30H25ClN8O4/c1-3-38-28(34-26-20(12-32)21-15-37(2)36-23(21)11-22(26)31)35-29(42)39(30(38)43)24-14-33-13-18-8-5-9-19(25(18)24)16-6-4-7-17(10-16)27(40)41/h4-11,13-15H,3,12,32H2,1-2H3,(H,40,41)(H,34,35,42). The third kappa shape index (κ3) is 4.72. The van der Waals surface area contributed by atoms with Gasteiger partial charge >= 0.3 is 17.3 Å². The smallest absolute Gasteiger partial charge is 0.359 e. The van der Waals surface area contributed by atoms with Crippen LogP contribution in [-0.4, -0.2) is 40.0 Å². The summed E-state index contributed by atoms with van der Waals surface area (Å²) in [7, 11) is 1.79. The number of hydrogen-bond acceptors (Lipinski definition) is 8. The molecule has 6 rings (SSSR count). The van der Waals surface area contributed by atoms with E-state index in [0.29, 0.717) is 43.7 Å². The minimum absolute atomic E-state index is 0.00355. The van der Waals surface area contributed by atoms with Crippen molar-refractivity contribution < 1.29 is 9.90 Å². The van der Waals surface area contributed by atoms with Gasteiger partial charge in [-0.05, 0) is 36.2 Å². The number of nitrogens with zero attached hydrogens (tertiary/aromatic N) is 6. The van der Waals surface area contributed by atoms with Crippen molar-refractivity contribution in [3.8, 4) is 16.8 Å². The van der Waals surface area contributed by atoms with Gasteiger partial charge in [0.2, 0.25) is 5.95 Å². The summed E-state index contributed by atoms with van der Waals surface area (Å²) in [6.07, 6.45) is 4.85. The summed E-state index contributed by atoms with van der Waals surface area (Å²) < 4.78 is 3.93. The number of carboxylic acid groups (broad SMARTS) is 1. The van der Waals surface area contributed by atoms with Gasteiger partial charge in [0.15, 0.2) is 0 Å². The van der Waals surface area contributed by atoms with Crippen molar-refractivity contribution in [2.75, 3.05) is 5.32 Å². The maximum absolute atomic E-state index is 14.0. The van der Waals surface area contributed by atoms with Crippen LogP contribution in [0.4, 0.5) is 11.6 Å². The fourth-order valence-corrected chi connectivity index (χ4v) is 5.57. The number of pyridine rings is 1. The van der Waals surface area contributed by atoms with E-state index in [1.54, 1.807) is 61.2 Å². The first-order chi connectivity index (χ1) is 20.7. The molecule has 3 aromatic carbocycles. The van der Waals surface area contributed by atoms with Crippen LogP contribution in [0.1, 0.15) is 22.8 Å². The molecule has 12 nitrogen and oxygen atoms in total. The summed E-state index contributed by atoms with van der Waals surface area (Å²) in [4.78, 5) is 47.8. The fraction of sp³-hybridized carbons (Fsp3) is 0.133. The second kappa shape index (κ2) is 10.8. The van der Waals surface area contributed by atoms with E-state index in [4.69, 9.17) is 17.3 Å². The number of halogens is 1. The van der Waals surface area contributed by atoms with E-state index >= 15 is 0 Å². The number of aromatic carboxylic acids is 1. The van der Waals surface area contributed by atoms with Crippen LogP contribution in [0.25, 0.3) is 38.5 Å². The molecule has 0 fully saturated rings. The first kappa shape index (κ1) is 27.8. The number of nitrogens with one attached hydrogen (secondary N) is 1. The Morgan fingerprint density at radius 3 is 2.65 bits per heavy atom. The largest absolute Gasteiger partial charge is 0.478 e. The number of fused-ring (bicyclic) bond motifs is 2. The quantitative estimate of drug-likeness (QED) is 0.246.